The van der Waals surface area contributed by atoms with Gasteiger partial charge in [-0.1, -0.05) is 26.8 Å². The van der Waals surface area contributed by atoms with Crippen molar-refractivity contribution in [2.75, 3.05) is 6.61 Å². The van der Waals surface area contributed by atoms with Gasteiger partial charge in [0.25, 0.3) is 0 Å². The summed E-state index contributed by atoms with van der Waals surface area (Å²) in [6.45, 7) is 7.37. The predicted molar refractivity (Wildman–Crippen MR) is 69.4 cm³/mol. The number of aliphatic hydroxyl groups is 1. The van der Waals surface area contributed by atoms with Crippen LogP contribution in [-0.4, -0.2) is 11.7 Å². The lowest BCUT2D eigenvalue weighted by Crippen LogP contribution is -2.16. The molecule has 0 saturated carbocycles. The highest BCUT2D eigenvalue weighted by Gasteiger charge is 2.23. The van der Waals surface area contributed by atoms with Gasteiger partial charge in [0, 0.05) is 5.56 Å². The van der Waals surface area contributed by atoms with Gasteiger partial charge < -0.3 is 9.84 Å². The molecule has 1 aliphatic heterocycles. The zero-order chi connectivity index (χ0) is 12.5. The van der Waals surface area contributed by atoms with Gasteiger partial charge in [0.05, 0.1) is 12.7 Å². The quantitative estimate of drug-likeness (QED) is 0.847. The van der Waals surface area contributed by atoms with Crippen molar-refractivity contribution in [3.05, 3.63) is 29.3 Å². The normalized spacial score (nSPS) is 20.4. The van der Waals surface area contributed by atoms with Gasteiger partial charge in [-0.05, 0) is 42.4 Å². The minimum absolute atomic E-state index is 0.154. The van der Waals surface area contributed by atoms with E-state index < -0.39 is 0 Å². The molecule has 1 unspecified atom stereocenters. The number of aliphatic hydroxyl groups excluding tert-OH is 1. The molecular formula is C15H22O2. The van der Waals surface area contributed by atoms with E-state index in [1.807, 2.05) is 6.07 Å². The molecule has 0 amide bonds. The summed E-state index contributed by atoms with van der Waals surface area (Å²) in [4.78, 5) is 0. The van der Waals surface area contributed by atoms with E-state index in [0.717, 1.165) is 30.6 Å². The van der Waals surface area contributed by atoms with Crippen LogP contribution in [0.4, 0.5) is 0 Å². The molecule has 94 valence electrons. The largest absolute Gasteiger partial charge is 0.493 e. The summed E-state index contributed by atoms with van der Waals surface area (Å²) in [6.07, 6.45) is 2.42. The molecule has 0 fully saturated rings. The Balaban J connectivity index is 2.41. The second-order valence-electron chi connectivity index (χ2n) is 5.50. The van der Waals surface area contributed by atoms with Crippen molar-refractivity contribution in [3.8, 4) is 5.75 Å². The lowest BCUT2D eigenvalue weighted by Gasteiger charge is -2.25. The Labute approximate surface area is 104 Å². The zero-order valence-corrected chi connectivity index (χ0v) is 11.0. The van der Waals surface area contributed by atoms with E-state index in [0.29, 0.717) is 6.61 Å². The Morgan fingerprint density at radius 3 is 2.88 bits per heavy atom. The van der Waals surface area contributed by atoms with E-state index in [4.69, 9.17) is 4.74 Å². The zero-order valence-electron chi connectivity index (χ0n) is 11.0. The maximum absolute atomic E-state index is 10.1. The van der Waals surface area contributed by atoms with Crippen LogP contribution < -0.4 is 4.74 Å². The number of hydrogen-bond acceptors (Lipinski definition) is 2. The van der Waals surface area contributed by atoms with Gasteiger partial charge in [-0.15, -0.1) is 0 Å². The molecule has 0 radical (unpaired) electrons. The Kier molecular flexibility index (Phi) is 3.43. The second-order valence-corrected chi connectivity index (χ2v) is 5.50. The highest BCUT2D eigenvalue weighted by molar-refractivity contribution is 5.41. The smallest absolute Gasteiger partial charge is 0.125 e. The van der Waals surface area contributed by atoms with Crippen LogP contribution in [0.5, 0.6) is 5.75 Å². The van der Waals surface area contributed by atoms with Crippen LogP contribution in [0.3, 0.4) is 0 Å². The molecule has 1 aromatic rings. The Morgan fingerprint density at radius 2 is 2.18 bits per heavy atom. The summed E-state index contributed by atoms with van der Waals surface area (Å²) in [6, 6.07) is 6.26. The predicted octanol–water partition coefficient (Wildman–Crippen LogP) is 3.58. The fourth-order valence-corrected chi connectivity index (χ4v) is 2.18. The van der Waals surface area contributed by atoms with Gasteiger partial charge in [0.1, 0.15) is 5.75 Å². The number of hydrogen-bond donors (Lipinski definition) is 1. The fourth-order valence-electron chi connectivity index (χ4n) is 2.18. The van der Waals surface area contributed by atoms with Gasteiger partial charge in [-0.3, -0.25) is 0 Å². The van der Waals surface area contributed by atoms with Crippen molar-refractivity contribution in [2.45, 2.75) is 51.6 Å². The van der Waals surface area contributed by atoms with Gasteiger partial charge in [0.2, 0.25) is 0 Å². The molecule has 0 aliphatic carbocycles. The van der Waals surface area contributed by atoms with E-state index in [-0.39, 0.29) is 11.5 Å². The van der Waals surface area contributed by atoms with Crippen LogP contribution in [0.25, 0.3) is 0 Å². The molecule has 0 bridgehead atoms. The Morgan fingerprint density at radius 1 is 1.41 bits per heavy atom. The Hall–Kier alpha value is -1.02. The molecule has 0 aromatic heterocycles. The van der Waals surface area contributed by atoms with Crippen LogP contribution in [0.2, 0.25) is 0 Å². The highest BCUT2D eigenvalue weighted by Crippen LogP contribution is 2.36. The SMILES string of the molecule is CCC(C)(C)c1ccc2c(c1)C(O)CCCO2. The minimum atomic E-state index is -0.375. The van der Waals surface area contributed by atoms with Crippen molar-refractivity contribution in [2.24, 2.45) is 0 Å². The number of ether oxygens (including phenoxy) is 1. The third-order valence-corrected chi connectivity index (χ3v) is 3.91. The third-order valence-electron chi connectivity index (χ3n) is 3.91. The van der Waals surface area contributed by atoms with Crippen molar-refractivity contribution in [1.29, 1.82) is 0 Å². The summed E-state index contributed by atoms with van der Waals surface area (Å²) in [7, 11) is 0. The van der Waals surface area contributed by atoms with Crippen LogP contribution in [0.15, 0.2) is 18.2 Å². The van der Waals surface area contributed by atoms with Gasteiger partial charge in [-0.2, -0.15) is 0 Å². The van der Waals surface area contributed by atoms with E-state index in [2.05, 4.69) is 32.9 Å². The maximum Gasteiger partial charge on any atom is 0.125 e. The van der Waals surface area contributed by atoms with Crippen LogP contribution in [0.1, 0.15) is 57.3 Å². The molecule has 2 nitrogen and oxygen atoms in total. The molecule has 0 saturated heterocycles. The summed E-state index contributed by atoms with van der Waals surface area (Å²) in [5.41, 5.74) is 2.39. The van der Waals surface area contributed by atoms with E-state index in [1.165, 1.54) is 5.56 Å². The first kappa shape index (κ1) is 12.4. The van der Waals surface area contributed by atoms with Gasteiger partial charge in [0.15, 0.2) is 0 Å². The molecule has 1 aliphatic rings. The summed E-state index contributed by atoms with van der Waals surface area (Å²) in [5, 5.41) is 10.1. The topological polar surface area (TPSA) is 29.5 Å². The first-order valence-electron chi connectivity index (χ1n) is 6.50. The van der Waals surface area contributed by atoms with E-state index in [1.54, 1.807) is 0 Å². The molecule has 17 heavy (non-hydrogen) atoms. The molecule has 0 spiro atoms. The van der Waals surface area contributed by atoms with Crippen molar-refractivity contribution in [3.63, 3.8) is 0 Å². The summed E-state index contributed by atoms with van der Waals surface area (Å²) >= 11 is 0. The monoisotopic (exact) mass is 234 g/mol. The van der Waals surface area contributed by atoms with Crippen LogP contribution in [0, 0.1) is 0 Å². The molecule has 1 heterocycles. The average Bonchev–Trinajstić information content (AvgIpc) is 2.51. The standard InChI is InChI=1S/C15H22O2/c1-4-15(2,3)11-7-8-14-12(10-11)13(16)6-5-9-17-14/h7-8,10,13,16H,4-6,9H2,1-3H3. The highest BCUT2D eigenvalue weighted by atomic mass is 16.5. The molecule has 2 heteroatoms. The van der Waals surface area contributed by atoms with Crippen molar-refractivity contribution < 1.29 is 9.84 Å². The number of benzene rings is 1. The van der Waals surface area contributed by atoms with E-state index in [9.17, 15) is 5.11 Å². The Bertz CT molecular complexity index is 396. The maximum atomic E-state index is 10.1. The molecule has 1 N–H and O–H groups in total. The number of fused-ring (bicyclic) bond motifs is 1. The van der Waals surface area contributed by atoms with Crippen LogP contribution in [-0.2, 0) is 5.41 Å². The second kappa shape index (κ2) is 4.69. The summed E-state index contributed by atoms with van der Waals surface area (Å²) < 4.78 is 5.66. The first-order chi connectivity index (χ1) is 8.04. The molecule has 1 atom stereocenters. The summed E-state index contributed by atoms with van der Waals surface area (Å²) in [5.74, 6) is 0.852. The van der Waals surface area contributed by atoms with Gasteiger partial charge in [-0.25, -0.2) is 0 Å². The minimum Gasteiger partial charge on any atom is -0.493 e. The van der Waals surface area contributed by atoms with Crippen molar-refractivity contribution >= 4 is 0 Å². The third kappa shape index (κ3) is 2.47. The van der Waals surface area contributed by atoms with E-state index >= 15 is 0 Å². The molecular weight excluding hydrogens is 212 g/mol. The first-order valence-corrected chi connectivity index (χ1v) is 6.50. The fraction of sp³-hybridized carbons (Fsp3) is 0.600. The molecule has 2 rings (SSSR count). The van der Waals surface area contributed by atoms with Crippen LogP contribution >= 0.6 is 0 Å². The van der Waals surface area contributed by atoms with Crippen molar-refractivity contribution in [1.82, 2.24) is 0 Å². The average molecular weight is 234 g/mol. The lowest BCUT2D eigenvalue weighted by molar-refractivity contribution is 0.167. The lowest BCUT2D eigenvalue weighted by atomic mass is 9.81. The number of rotatable bonds is 2. The van der Waals surface area contributed by atoms with Gasteiger partial charge >= 0.3 is 0 Å². The molecule has 1 aromatic carbocycles.